The second-order valence-electron chi connectivity index (χ2n) is 6.04. The van der Waals surface area contributed by atoms with Crippen molar-refractivity contribution in [2.24, 2.45) is 0 Å². The first-order valence-corrected chi connectivity index (χ1v) is 9.48. The molecule has 0 fully saturated rings. The minimum atomic E-state index is -0.958. The zero-order valence-electron chi connectivity index (χ0n) is 15.8. The summed E-state index contributed by atoms with van der Waals surface area (Å²) in [7, 11) is 1.57. The number of carbonyl (C=O) groups excluding carboxylic acids is 2. The van der Waals surface area contributed by atoms with Crippen LogP contribution in [0, 0.1) is 6.92 Å². The molecule has 0 aliphatic heterocycles. The third kappa shape index (κ3) is 4.55. The number of hydrogen-bond acceptors (Lipinski definition) is 6. The molecule has 1 N–H and O–H groups in total. The summed E-state index contributed by atoms with van der Waals surface area (Å²) in [5, 5.41) is 3.47. The molecule has 1 amide bonds. The number of methoxy groups -OCH3 is 1. The van der Waals surface area contributed by atoms with Gasteiger partial charge in [0.15, 0.2) is 6.10 Å². The van der Waals surface area contributed by atoms with Crippen LogP contribution < -0.4 is 10.1 Å². The van der Waals surface area contributed by atoms with Crippen LogP contribution in [0.5, 0.6) is 5.75 Å². The maximum Gasteiger partial charge on any atom is 0.351 e. The maximum atomic E-state index is 12.7. The Morgan fingerprint density at radius 1 is 1.07 bits per heavy atom. The van der Waals surface area contributed by atoms with Gasteiger partial charge in [0, 0.05) is 11.3 Å². The van der Waals surface area contributed by atoms with Gasteiger partial charge in [-0.15, -0.1) is 11.3 Å². The smallest absolute Gasteiger partial charge is 0.351 e. The summed E-state index contributed by atoms with van der Waals surface area (Å²) in [4.78, 5) is 29.8. The molecular weight excluding hydrogens is 376 g/mol. The third-order valence-corrected chi connectivity index (χ3v) is 4.93. The Hall–Kier alpha value is -3.19. The van der Waals surface area contributed by atoms with Crippen molar-refractivity contribution in [1.29, 1.82) is 0 Å². The van der Waals surface area contributed by atoms with E-state index in [-0.39, 0.29) is 0 Å². The second-order valence-corrected chi connectivity index (χ2v) is 7.25. The number of benzene rings is 2. The summed E-state index contributed by atoms with van der Waals surface area (Å²) in [5.74, 6) is -0.297. The quantitative estimate of drug-likeness (QED) is 0.628. The number of esters is 1. The van der Waals surface area contributed by atoms with Gasteiger partial charge in [0.2, 0.25) is 0 Å². The minimum Gasteiger partial charge on any atom is -0.497 e. The third-order valence-electron chi connectivity index (χ3n) is 3.98. The molecule has 0 saturated heterocycles. The number of nitrogens with one attached hydrogen (secondary N) is 1. The van der Waals surface area contributed by atoms with Gasteiger partial charge in [-0.3, -0.25) is 4.79 Å². The number of anilines is 1. The number of ether oxygens (including phenoxy) is 2. The molecular formula is C21H20N2O4S. The van der Waals surface area contributed by atoms with Crippen molar-refractivity contribution in [3.63, 3.8) is 0 Å². The highest BCUT2D eigenvalue weighted by atomic mass is 32.1. The van der Waals surface area contributed by atoms with Crippen molar-refractivity contribution in [1.82, 2.24) is 4.98 Å². The number of aromatic nitrogens is 1. The first-order valence-electron chi connectivity index (χ1n) is 8.66. The van der Waals surface area contributed by atoms with Crippen LogP contribution >= 0.6 is 11.3 Å². The summed E-state index contributed by atoms with van der Waals surface area (Å²) in [5.41, 5.74) is 1.98. The number of hydrogen-bond donors (Lipinski definition) is 1. The lowest BCUT2D eigenvalue weighted by molar-refractivity contribution is -0.123. The van der Waals surface area contributed by atoms with Crippen LogP contribution in [0.25, 0.3) is 11.3 Å². The van der Waals surface area contributed by atoms with Crippen LogP contribution in [0.2, 0.25) is 0 Å². The Morgan fingerprint density at radius 2 is 1.75 bits per heavy atom. The molecule has 0 aliphatic carbocycles. The number of carbonyl (C=O) groups is 2. The molecule has 0 saturated carbocycles. The van der Waals surface area contributed by atoms with Gasteiger partial charge in [-0.05, 0) is 38.1 Å². The van der Waals surface area contributed by atoms with E-state index < -0.39 is 18.0 Å². The highest BCUT2D eigenvalue weighted by Gasteiger charge is 2.24. The highest BCUT2D eigenvalue weighted by molar-refractivity contribution is 7.14. The van der Waals surface area contributed by atoms with Crippen LogP contribution in [0.3, 0.4) is 0 Å². The van der Waals surface area contributed by atoms with Gasteiger partial charge in [-0.25, -0.2) is 9.78 Å². The highest BCUT2D eigenvalue weighted by Crippen LogP contribution is 2.29. The topological polar surface area (TPSA) is 77.5 Å². The summed E-state index contributed by atoms with van der Waals surface area (Å²) in [6.45, 7) is 3.36. The molecule has 1 heterocycles. The Bertz CT molecular complexity index is 968. The fraction of sp³-hybridized carbons (Fsp3) is 0.190. The van der Waals surface area contributed by atoms with Gasteiger partial charge in [-0.1, -0.05) is 30.3 Å². The van der Waals surface area contributed by atoms with Crippen LogP contribution in [0.4, 0.5) is 5.69 Å². The summed E-state index contributed by atoms with van der Waals surface area (Å²) >= 11 is 1.25. The van der Waals surface area contributed by atoms with Gasteiger partial charge in [0.05, 0.1) is 17.8 Å². The normalized spacial score (nSPS) is 11.5. The number of rotatable bonds is 6. The molecule has 6 nitrogen and oxygen atoms in total. The second kappa shape index (κ2) is 8.67. The molecule has 1 aromatic heterocycles. The van der Waals surface area contributed by atoms with Crippen molar-refractivity contribution in [2.45, 2.75) is 20.0 Å². The molecule has 0 unspecified atom stereocenters. The van der Waals surface area contributed by atoms with Crippen LogP contribution in [-0.4, -0.2) is 30.1 Å². The molecule has 3 rings (SSSR count). The van der Waals surface area contributed by atoms with Crippen LogP contribution in [0.15, 0.2) is 54.6 Å². The van der Waals surface area contributed by atoms with E-state index in [2.05, 4.69) is 10.3 Å². The fourth-order valence-corrected chi connectivity index (χ4v) is 3.37. The fourth-order valence-electron chi connectivity index (χ4n) is 2.54. The molecule has 3 aromatic rings. The summed E-state index contributed by atoms with van der Waals surface area (Å²) in [6.07, 6.45) is -0.958. The van der Waals surface area contributed by atoms with Gasteiger partial charge >= 0.3 is 5.97 Å². The first-order chi connectivity index (χ1) is 13.5. The Morgan fingerprint density at radius 3 is 2.39 bits per heavy atom. The Labute approximate surface area is 167 Å². The zero-order valence-corrected chi connectivity index (χ0v) is 16.6. The van der Waals surface area contributed by atoms with E-state index >= 15 is 0 Å². The largest absolute Gasteiger partial charge is 0.497 e. The van der Waals surface area contributed by atoms with Gasteiger partial charge in [0.1, 0.15) is 10.6 Å². The average molecular weight is 396 g/mol. The average Bonchev–Trinajstić information content (AvgIpc) is 3.11. The SMILES string of the molecule is COc1ccc(NC(=O)[C@H](C)OC(=O)c2sc(C)nc2-c2ccccc2)cc1. The number of thiazole rings is 1. The predicted octanol–water partition coefficient (Wildman–Crippen LogP) is 4.31. The molecule has 0 spiro atoms. The standard InChI is InChI=1S/C21H20N2O4S/c1-13(20(24)23-16-9-11-17(26-3)12-10-16)27-21(25)19-18(22-14(2)28-19)15-7-5-4-6-8-15/h4-13H,1-3H3,(H,23,24)/t13-/m0/s1. The Balaban J connectivity index is 1.69. The predicted molar refractivity (Wildman–Crippen MR) is 109 cm³/mol. The van der Waals surface area contributed by atoms with E-state index in [1.165, 1.54) is 18.3 Å². The maximum absolute atomic E-state index is 12.7. The van der Waals surface area contributed by atoms with Crippen molar-refractivity contribution in [3.05, 3.63) is 64.5 Å². The van der Waals surface area contributed by atoms with Crippen LogP contribution in [-0.2, 0) is 9.53 Å². The van der Waals surface area contributed by atoms with E-state index in [4.69, 9.17) is 9.47 Å². The number of amides is 1. The minimum absolute atomic E-state index is 0.382. The number of nitrogens with zero attached hydrogens (tertiary/aromatic N) is 1. The lowest BCUT2D eigenvalue weighted by Gasteiger charge is -2.13. The molecule has 28 heavy (non-hydrogen) atoms. The van der Waals surface area contributed by atoms with E-state index in [9.17, 15) is 9.59 Å². The van der Waals surface area contributed by atoms with Gasteiger partial charge < -0.3 is 14.8 Å². The van der Waals surface area contributed by atoms with E-state index in [1.54, 1.807) is 31.4 Å². The van der Waals surface area contributed by atoms with E-state index in [0.29, 0.717) is 22.0 Å². The molecule has 2 aromatic carbocycles. The van der Waals surface area contributed by atoms with Crippen molar-refractivity contribution < 1.29 is 19.1 Å². The molecule has 1 atom stereocenters. The van der Waals surface area contributed by atoms with E-state index in [0.717, 1.165) is 10.6 Å². The number of aryl methyl sites for hydroxylation is 1. The van der Waals surface area contributed by atoms with Crippen molar-refractivity contribution >= 4 is 28.9 Å². The lowest BCUT2D eigenvalue weighted by atomic mass is 10.1. The van der Waals surface area contributed by atoms with E-state index in [1.807, 2.05) is 37.3 Å². The van der Waals surface area contributed by atoms with Crippen LogP contribution in [0.1, 0.15) is 21.6 Å². The Kier molecular flexibility index (Phi) is 6.06. The molecule has 144 valence electrons. The molecule has 7 heteroatoms. The first kappa shape index (κ1) is 19.6. The van der Waals surface area contributed by atoms with Crippen molar-refractivity contribution in [3.8, 4) is 17.0 Å². The molecule has 0 aliphatic rings. The lowest BCUT2D eigenvalue weighted by Crippen LogP contribution is -2.29. The van der Waals surface area contributed by atoms with Gasteiger partial charge in [0.25, 0.3) is 5.91 Å². The molecule has 0 bridgehead atoms. The molecule has 0 radical (unpaired) electrons. The monoisotopic (exact) mass is 396 g/mol. The van der Waals surface area contributed by atoms with Gasteiger partial charge in [-0.2, -0.15) is 0 Å². The summed E-state index contributed by atoms with van der Waals surface area (Å²) in [6, 6.07) is 16.3. The summed E-state index contributed by atoms with van der Waals surface area (Å²) < 4.78 is 10.5. The zero-order chi connectivity index (χ0) is 20.1. The van der Waals surface area contributed by atoms with Crippen molar-refractivity contribution in [2.75, 3.05) is 12.4 Å².